The molecule has 3 rings (SSSR count). The molecule has 2 amide bonds. The normalized spacial score (nSPS) is 16.9. The second-order valence-electron chi connectivity index (χ2n) is 5.85. The average molecular weight is 315 g/mol. The third-order valence-electron chi connectivity index (χ3n) is 4.11. The van der Waals surface area contributed by atoms with E-state index in [2.05, 4.69) is 26.1 Å². The van der Waals surface area contributed by atoms with E-state index in [0.29, 0.717) is 5.69 Å². The first-order valence-electron chi connectivity index (χ1n) is 7.90. The summed E-state index contributed by atoms with van der Waals surface area (Å²) in [5, 5.41) is 16.6. The number of H-pyrrole nitrogens is 1. The van der Waals surface area contributed by atoms with E-state index in [0.717, 1.165) is 36.8 Å². The van der Waals surface area contributed by atoms with Gasteiger partial charge in [0.05, 0.1) is 5.52 Å². The number of hydrogen-bond acceptors (Lipinski definition) is 4. The van der Waals surface area contributed by atoms with Gasteiger partial charge < -0.3 is 16.0 Å². The highest BCUT2D eigenvalue weighted by Crippen LogP contribution is 2.14. The Morgan fingerprint density at radius 3 is 2.78 bits per heavy atom. The molecule has 1 aromatic carbocycles. The fourth-order valence-electron chi connectivity index (χ4n) is 2.76. The Morgan fingerprint density at radius 2 is 2.00 bits per heavy atom. The van der Waals surface area contributed by atoms with Crippen LogP contribution in [0.1, 0.15) is 30.3 Å². The van der Waals surface area contributed by atoms with E-state index in [1.165, 1.54) is 0 Å². The van der Waals surface area contributed by atoms with E-state index >= 15 is 0 Å². The molecule has 1 aliphatic heterocycles. The molecule has 0 radical (unpaired) electrons. The standard InChI is InChI=1S/C16H21N5O2/c1-10(15(22)19-11-6-8-17-9-7-11)18-16(23)14-12-4-2-3-5-13(12)20-21-14/h2-5,10-11,17H,6-9H2,1H3,(H,18,23)(H,19,22)(H,20,21). The molecule has 1 aliphatic rings. The Labute approximate surface area is 134 Å². The quantitative estimate of drug-likeness (QED) is 0.662. The number of carbonyl (C=O) groups is 2. The number of piperidine rings is 1. The maximum absolute atomic E-state index is 12.3. The van der Waals surface area contributed by atoms with Crippen LogP contribution in [0.3, 0.4) is 0 Å². The second-order valence-corrected chi connectivity index (χ2v) is 5.85. The maximum Gasteiger partial charge on any atom is 0.273 e. The molecule has 1 saturated heterocycles. The minimum absolute atomic E-state index is 0.162. The van der Waals surface area contributed by atoms with E-state index in [1.54, 1.807) is 6.92 Å². The summed E-state index contributed by atoms with van der Waals surface area (Å²) in [6.45, 7) is 3.50. The van der Waals surface area contributed by atoms with Gasteiger partial charge in [-0.15, -0.1) is 0 Å². The van der Waals surface area contributed by atoms with E-state index < -0.39 is 6.04 Å². The van der Waals surface area contributed by atoms with Gasteiger partial charge in [0.25, 0.3) is 5.91 Å². The fraction of sp³-hybridized carbons (Fsp3) is 0.438. The van der Waals surface area contributed by atoms with Gasteiger partial charge in [-0.1, -0.05) is 18.2 Å². The van der Waals surface area contributed by atoms with Crippen molar-refractivity contribution in [2.75, 3.05) is 13.1 Å². The van der Waals surface area contributed by atoms with Crippen molar-refractivity contribution in [1.82, 2.24) is 26.1 Å². The van der Waals surface area contributed by atoms with Gasteiger partial charge in [0, 0.05) is 11.4 Å². The second kappa shape index (κ2) is 6.78. The number of fused-ring (bicyclic) bond motifs is 1. The molecule has 0 spiro atoms. The molecule has 0 saturated carbocycles. The van der Waals surface area contributed by atoms with Gasteiger partial charge in [0.2, 0.25) is 5.91 Å². The minimum atomic E-state index is -0.604. The van der Waals surface area contributed by atoms with Crippen molar-refractivity contribution in [3.63, 3.8) is 0 Å². The van der Waals surface area contributed by atoms with Gasteiger partial charge in [-0.3, -0.25) is 14.7 Å². The smallest absolute Gasteiger partial charge is 0.273 e. The number of carbonyl (C=O) groups excluding carboxylic acids is 2. The Balaban J connectivity index is 1.61. The summed E-state index contributed by atoms with van der Waals surface area (Å²) in [7, 11) is 0. The summed E-state index contributed by atoms with van der Waals surface area (Å²) in [5.74, 6) is -0.513. The van der Waals surface area contributed by atoms with Crippen LogP contribution < -0.4 is 16.0 Å². The molecule has 1 atom stereocenters. The Bertz CT molecular complexity index is 705. The highest BCUT2D eigenvalue weighted by molar-refractivity contribution is 6.05. The minimum Gasteiger partial charge on any atom is -0.351 e. The summed E-state index contributed by atoms with van der Waals surface area (Å²) in [6, 6.07) is 6.97. The van der Waals surface area contributed by atoms with Gasteiger partial charge >= 0.3 is 0 Å². The van der Waals surface area contributed by atoms with Gasteiger partial charge in [-0.2, -0.15) is 5.10 Å². The summed E-state index contributed by atoms with van der Waals surface area (Å²) >= 11 is 0. The molecule has 1 aromatic heterocycles. The Morgan fingerprint density at radius 1 is 1.26 bits per heavy atom. The molecule has 23 heavy (non-hydrogen) atoms. The zero-order valence-corrected chi connectivity index (χ0v) is 13.1. The van der Waals surface area contributed by atoms with E-state index in [4.69, 9.17) is 0 Å². The number of para-hydroxylation sites is 1. The first-order valence-corrected chi connectivity index (χ1v) is 7.90. The van der Waals surface area contributed by atoms with Crippen molar-refractivity contribution >= 4 is 22.7 Å². The fourth-order valence-corrected chi connectivity index (χ4v) is 2.76. The number of benzene rings is 1. The SMILES string of the molecule is CC(NC(=O)c1n[nH]c2ccccc12)C(=O)NC1CCNCC1. The summed E-state index contributed by atoms with van der Waals surface area (Å²) in [5.41, 5.74) is 1.10. The highest BCUT2D eigenvalue weighted by Gasteiger charge is 2.22. The van der Waals surface area contributed by atoms with Crippen molar-refractivity contribution in [2.24, 2.45) is 0 Å². The van der Waals surface area contributed by atoms with Crippen molar-refractivity contribution < 1.29 is 9.59 Å². The lowest BCUT2D eigenvalue weighted by Crippen LogP contribution is -2.50. The largest absolute Gasteiger partial charge is 0.351 e. The summed E-state index contributed by atoms with van der Waals surface area (Å²) in [6.07, 6.45) is 1.83. The highest BCUT2D eigenvalue weighted by atomic mass is 16.2. The van der Waals surface area contributed by atoms with E-state index in [-0.39, 0.29) is 17.9 Å². The van der Waals surface area contributed by atoms with Crippen LogP contribution in [0.4, 0.5) is 0 Å². The van der Waals surface area contributed by atoms with Crippen LogP contribution >= 0.6 is 0 Å². The topological polar surface area (TPSA) is 98.9 Å². The van der Waals surface area contributed by atoms with Crippen LogP contribution in [-0.4, -0.2) is 47.2 Å². The molecule has 7 heteroatoms. The Kier molecular flexibility index (Phi) is 4.57. The zero-order valence-electron chi connectivity index (χ0n) is 13.1. The summed E-state index contributed by atoms with van der Waals surface area (Å²) < 4.78 is 0. The lowest BCUT2D eigenvalue weighted by Gasteiger charge is -2.25. The zero-order chi connectivity index (χ0) is 16.2. The number of amides is 2. The first-order chi connectivity index (χ1) is 11.1. The predicted octanol–water partition coefficient (Wildman–Crippen LogP) is 0.549. The number of aromatic amines is 1. The van der Waals surface area contributed by atoms with Crippen LogP contribution in [0.25, 0.3) is 10.9 Å². The van der Waals surface area contributed by atoms with Crippen molar-refractivity contribution in [2.45, 2.75) is 31.8 Å². The number of nitrogens with zero attached hydrogens (tertiary/aromatic N) is 1. The first kappa shape index (κ1) is 15.5. The van der Waals surface area contributed by atoms with Crippen LogP contribution in [-0.2, 0) is 4.79 Å². The molecule has 7 nitrogen and oxygen atoms in total. The number of aromatic nitrogens is 2. The lowest BCUT2D eigenvalue weighted by atomic mass is 10.1. The number of rotatable bonds is 4. The van der Waals surface area contributed by atoms with Crippen LogP contribution in [0, 0.1) is 0 Å². The van der Waals surface area contributed by atoms with Crippen molar-refractivity contribution in [3.8, 4) is 0 Å². The van der Waals surface area contributed by atoms with Crippen molar-refractivity contribution in [1.29, 1.82) is 0 Å². The van der Waals surface area contributed by atoms with E-state index in [1.807, 2.05) is 24.3 Å². The Hall–Kier alpha value is -2.41. The molecule has 2 heterocycles. The van der Waals surface area contributed by atoms with Crippen molar-refractivity contribution in [3.05, 3.63) is 30.0 Å². The molecule has 122 valence electrons. The molecule has 1 unspecified atom stereocenters. The molecule has 2 aromatic rings. The average Bonchev–Trinajstić information content (AvgIpc) is 2.99. The number of nitrogens with one attached hydrogen (secondary N) is 4. The third kappa shape index (κ3) is 3.50. The monoisotopic (exact) mass is 315 g/mol. The lowest BCUT2D eigenvalue weighted by molar-refractivity contribution is -0.123. The maximum atomic E-state index is 12.3. The van der Waals surface area contributed by atoms with E-state index in [9.17, 15) is 9.59 Å². The third-order valence-corrected chi connectivity index (χ3v) is 4.11. The molecule has 4 N–H and O–H groups in total. The van der Waals surface area contributed by atoms with Gasteiger partial charge in [-0.25, -0.2) is 0 Å². The molecular formula is C16H21N5O2. The molecule has 0 bridgehead atoms. The number of hydrogen-bond donors (Lipinski definition) is 4. The van der Waals surface area contributed by atoms with Gasteiger partial charge in [-0.05, 0) is 38.9 Å². The van der Waals surface area contributed by atoms with Crippen LogP contribution in [0.2, 0.25) is 0 Å². The van der Waals surface area contributed by atoms with Crippen LogP contribution in [0.15, 0.2) is 24.3 Å². The molecule has 0 aliphatic carbocycles. The van der Waals surface area contributed by atoms with Gasteiger partial charge in [0.1, 0.15) is 6.04 Å². The van der Waals surface area contributed by atoms with Gasteiger partial charge in [0.15, 0.2) is 5.69 Å². The molecular weight excluding hydrogens is 294 g/mol. The summed E-state index contributed by atoms with van der Waals surface area (Å²) in [4.78, 5) is 24.5. The predicted molar refractivity (Wildman–Crippen MR) is 87.1 cm³/mol. The van der Waals surface area contributed by atoms with Crippen LogP contribution in [0.5, 0.6) is 0 Å². The molecule has 1 fully saturated rings.